The molecule has 1 unspecified atom stereocenters. The van der Waals surface area contributed by atoms with Crippen LogP contribution in [0.5, 0.6) is 0 Å². The molecule has 0 aliphatic rings. The first-order chi connectivity index (χ1) is 8.91. The summed E-state index contributed by atoms with van der Waals surface area (Å²) in [5.74, 6) is 0. The molecule has 100 valence electrons. The molecule has 0 bridgehead atoms. The van der Waals surface area contributed by atoms with Gasteiger partial charge in [-0.3, -0.25) is 0 Å². The molecule has 19 heavy (non-hydrogen) atoms. The van der Waals surface area contributed by atoms with Crippen LogP contribution in [0, 0.1) is 27.7 Å². The summed E-state index contributed by atoms with van der Waals surface area (Å²) in [6.07, 6.45) is 0. The Balaban J connectivity index is 2.59. The number of hydrogen-bond donors (Lipinski definition) is 1. The fourth-order valence-electron chi connectivity index (χ4n) is 2.58. The quantitative estimate of drug-likeness (QED) is 0.851. The van der Waals surface area contributed by atoms with E-state index in [0.717, 1.165) is 10.0 Å². The van der Waals surface area contributed by atoms with Crippen LogP contribution in [-0.2, 0) is 0 Å². The van der Waals surface area contributed by atoms with E-state index in [0.29, 0.717) is 0 Å². The van der Waals surface area contributed by atoms with Gasteiger partial charge in [-0.1, -0.05) is 34.1 Å². The van der Waals surface area contributed by atoms with Gasteiger partial charge in [0.05, 0.1) is 6.04 Å². The Morgan fingerprint density at radius 2 is 1.53 bits per heavy atom. The van der Waals surface area contributed by atoms with Crippen LogP contribution in [0.4, 0.5) is 0 Å². The standard InChI is InChI=1S/C17H20BrN/c1-10-8-11(2)13(4)16(12(10)3)17(19)14-6-5-7-15(18)9-14/h5-9,17H,19H2,1-4H3. The van der Waals surface area contributed by atoms with Crippen molar-refractivity contribution in [3.05, 3.63) is 68.2 Å². The summed E-state index contributed by atoms with van der Waals surface area (Å²) in [7, 11) is 0. The highest BCUT2D eigenvalue weighted by Crippen LogP contribution is 2.30. The summed E-state index contributed by atoms with van der Waals surface area (Å²) >= 11 is 3.51. The molecule has 0 saturated carbocycles. The first-order valence-corrected chi connectivity index (χ1v) is 7.29. The lowest BCUT2D eigenvalue weighted by Crippen LogP contribution is -2.16. The molecule has 0 radical (unpaired) electrons. The van der Waals surface area contributed by atoms with Crippen molar-refractivity contribution in [2.24, 2.45) is 5.73 Å². The van der Waals surface area contributed by atoms with Crippen LogP contribution in [0.15, 0.2) is 34.8 Å². The second-order valence-corrected chi connectivity index (χ2v) is 6.12. The zero-order valence-electron chi connectivity index (χ0n) is 11.9. The van der Waals surface area contributed by atoms with Crippen molar-refractivity contribution in [1.82, 2.24) is 0 Å². The van der Waals surface area contributed by atoms with Crippen molar-refractivity contribution in [1.29, 1.82) is 0 Å². The lowest BCUT2D eigenvalue weighted by Gasteiger charge is -2.21. The van der Waals surface area contributed by atoms with Crippen LogP contribution < -0.4 is 5.73 Å². The molecule has 1 atom stereocenters. The van der Waals surface area contributed by atoms with E-state index in [-0.39, 0.29) is 6.04 Å². The molecular weight excluding hydrogens is 298 g/mol. The number of halogens is 1. The highest BCUT2D eigenvalue weighted by molar-refractivity contribution is 9.10. The van der Waals surface area contributed by atoms with Gasteiger partial charge < -0.3 is 5.73 Å². The fourth-order valence-corrected chi connectivity index (χ4v) is 3.00. The van der Waals surface area contributed by atoms with Gasteiger partial charge in [-0.2, -0.15) is 0 Å². The van der Waals surface area contributed by atoms with Gasteiger partial charge in [0.1, 0.15) is 0 Å². The molecule has 2 heteroatoms. The molecule has 2 aromatic carbocycles. The lowest BCUT2D eigenvalue weighted by atomic mass is 9.87. The number of rotatable bonds is 2. The molecular formula is C17H20BrN. The Hall–Kier alpha value is -1.12. The van der Waals surface area contributed by atoms with Crippen LogP contribution >= 0.6 is 15.9 Å². The van der Waals surface area contributed by atoms with E-state index in [1.165, 1.54) is 27.8 Å². The maximum absolute atomic E-state index is 6.50. The van der Waals surface area contributed by atoms with Crippen molar-refractivity contribution in [2.75, 3.05) is 0 Å². The van der Waals surface area contributed by atoms with Crippen molar-refractivity contribution in [3.8, 4) is 0 Å². The molecule has 1 nitrogen and oxygen atoms in total. The molecule has 0 heterocycles. The maximum atomic E-state index is 6.50. The molecule has 2 rings (SSSR count). The van der Waals surface area contributed by atoms with Gasteiger partial charge in [-0.05, 0) is 73.2 Å². The lowest BCUT2D eigenvalue weighted by molar-refractivity contribution is 0.844. The van der Waals surface area contributed by atoms with E-state index < -0.39 is 0 Å². The molecule has 0 aromatic heterocycles. The molecule has 0 fully saturated rings. The SMILES string of the molecule is Cc1cc(C)c(C)c(C(N)c2cccc(Br)c2)c1C. The van der Waals surface area contributed by atoms with Gasteiger partial charge in [0.2, 0.25) is 0 Å². The van der Waals surface area contributed by atoms with E-state index in [9.17, 15) is 0 Å². The van der Waals surface area contributed by atoms with Gasteiger partial charge in [0.25, 0.3) is 0 Å². The monoisotopic (exact) mass is 317 g/mol. The Kier molecular flexibility index (Phi) is 4.12. The van der Waals surface area contributed by atoms with Crippen LogP contribution in [0.3, 0.4) is 0 Å². The van der Waals surface area contributed by atoms with Crippen molar-refractivity contribution < 1.29 is 0 Å². The van der Waals surface area contributed by atoms with E-state index in [1.807, 2.05) is 12.1 Å². The van der Waals surface area contributed by atoms with Crippen molar-refractivity contribution >= 4 is 15.9 Å². The molecule has 2 N–H and O–H groups in total. The first kappa shape index (κ1) is 14.3. The topological polar surface area (TPSA) is 26.0 Å². The van der Waals surface area contributed by atoms with Gasteiger partial charge >= 0.3 is 0 Å². The zero-order chi connectivity index (χ0) is 14.2. The minimum Gasteiger partial charge on any atom is -0.320 e. The second kappa shape index (κ2) is 5.48. The average Bonchev–Trinajstić information content (AvgIpc) is 2.36. The number of hydrogen-bond acceptors (Lipinski definition) is 1. The van der Waals surface area contributed by atoms with Crippen molar-refractivity contribution in [3.63, 3.8) is 0 Å². The second-order valence-electron chi connectivity index (χ2n) is 5.21. The summed E-state index contributed by atoms with van der Waals surface area (Å²) in [4.78, 5) is 0. The third-order valence-corrected chi connectivity index (χ3v) is 4.44. The maximum Gasteiger partial charge on any atom is 0.0557 e. The van der Waals surface area contributed by atoms with E-state index in [2.05, 4.69) is 61.8 Å². The van der Waals surface area contributed by atoms with Gasteiger partial charge in [0, 0.05) is 4.47 Å². The molecule has 0 aliphatic carbocycles. The molecule has 2 aromatic rings. The summed E-state index contributed by atoms with van der Waals surface area (Å²) < 4.78 is 1.07. The minimum absolute atomic E-state index is 0.0731. The highest BCUT2D eigenvalue weighted by atomic mass is 79.9. The minimum atomic E-state index is -0.0731. The first-order valence-electron chi connectivity index (χ1n) is 6.50. The predicted octanol–water partition coefficient (Wildman–Crippen LogP) is 4.73. The van der Waals surface area contributed by atoms with Gasteiger partial charge in [-0.15, -0.1) is 0 Å². The van der Waals surface area contributed by atoms with Crippen molar-refractivity contribution in [2.45, 2.75) is 33.7 Å². The normalized spacial score (nSPS) is 12.5. The fraction of sp³-hybridized carbons (Fsp3) is 0.294. The molecule has 0 saturated heterocycles. The Morgan fingerprint density at radius 3 is 2.05 bits per heavy atom. The van der Waals surface area contributed by atoms with Crippen LogP contribution in [0.25, 0.3) is 0 Å². The van der Waals surface area contributed by atoms with Gasteiger partial charge in [0.15, 0.2) is 0 Å². The summed E-state index contributed by atoms with van der Waals surface area (Å²) in [5, 5.41) is 0. The van der Waals surface area contributed by atoms with Gasteiger partial charge in [-0.25, -0.2) is 0 Å². The Labute approximate surface area is 124 Å². The Bertz CT molecular complexity index is 591. The Morgan fingerprint density at radius 1 is 0.947 bits per heavy atom. The van der Waals surface area contributed by atoms with E-state index >= 15 is 0 Å². The third-order valence-electron chi connectivity index (χ3n) is 3.94. The number of nitrogens with two attached hydrogens (primary N) is 1. The molecule has 0 aliphatic heterocycles. The molecule has 0 spiro atoms. The van der Waals surface area contributed by atoms with E-state index in [1.54, 1.807) is 0 Å². The van der Waals surface area contributed by atoms with Crippen LogP contribution in [0.1, 0.15) is 39.4 Å². The largest absolute Gasteiger partial charge is 0.320 e. The molecule has 0 amide bonds. The van der Waals surface area contributed by atoms with Crippen LogP contribution in [-0.4, -0.2) is 0 Å². The third kappa shape index (κ3) is 2.75. The number of benzene rings is 2. The summed E-state index contributed by atoms with van der Waals surface area (Å²) in [5.41, 5.74) is 14.1. The average molecular weight is 318 g/mol. The summed E-state index contributed by atoms with van der Waals surface area (Å²) in [6.45, 7) is 8.63. The predicted molar refractivity (Wildman–Crippen MR) is 85.6 cm³/mol. The number of aryl methyl sites for hydroxylation is 2. The smallest absolute Gasteiger partial charge is 0.0557 e. The zero-order valence-corrected chi connectivity index (χ0v) is 13.5. The van der Waals surface area contributed by atoms with Crippen LogP contribution in [0.2, 0.25) is 0 Å². The summed E-state index contributed by atoms with van der Waals surface area (Å²) in [6, 6.07) is 10.4. The highest BCUT2D eigenvalue weighted by Gasteiger charge is 2.17. The van der Waals surface area contributed by atoms with E-state index in [4.69, 9.17) is 5.73 Å².